The van der Waals surface area contributed by atoms with Gasteiger partial charge < -0.3 is 4.90 Å². The van der Waals surface area contributed by atoms with Gasteiger partial charge in [0, 0.05) is 34.3 Å². The van der Waals surface area contributed by atoms with E-state index in [1.165, 1.54) is 23.9 Å². The fraction of sp³-hybridized carbons (Fsp3) is 0.438. The van der Waals surface area contributed by atoms with Crippen molar-refractivity contribution in [2.75, 3.05) is 18.0 Å². The van der Waals surface area contributed by atoms with Crippen LogP contribution in [0.1, 0.15) is 25.5 Å². The third kappa shape index (κ3) is 2.62. The largest absolute Gasteiger partial charge is 0.371 e. The fourth-order valence-electron chi connectivity index (χ4n) is 2.82. The van der Waals surface area contributed by atoms with Crippen LogP contribution in [0.4, 0.5) is 5.69 Å². The van der Waals surface area contributed by atoms with Gasteiger partial charge in [-0.1, -0.05) is 22.9 Å². The molecule has 0 radical (unpaired) electrons. The van der Waals surface area contributed by atoms with Crippen molar-refractivity contribution in [1.82, 2.24) is 4.98 Å². The van der Waals surface area contributed by atoms with E-state index in [1.54, 1.807) is 0 Å². The molecule has 0 atom stereocenters. The summed E-state index contributed by atoms with van der Waals surface area (Å²) in [7, 11) is 0. The SMILES string of the molecule is Cc1cc(N2CCC(C)CC2)c2cc(Br)ccc2n1. The number of nitrogens with zero attached hydrogens (tertiary/aromatic N) is 2. The number of aryl methyl sites for hydroxylation is 1. The lowest BCUT2D eigenvalue weighted by Gasteiger charge is -2.33. The third-order valence-corrected chi connectivity index (χ3v) is 4.49. The zero-order valence-corrected chi connectivity index (χ0v) is 13.1. The van der Waals surface area contributed by atoms with E-state index < -0.39 is 0 Å². The molecule has 1 aliphatic rings. The van der Waals surface area contributed by atoms with Gasteiger partial charge in [0.2, 0.25) is 0 Å². The van der Waals surface area contributed by atoms with Crippen molar-refractivity contribution in [3.05, 3.63) is 34.4 Å². The normalized spacial score (nSPS) is 17.1. The van der Waals surface area contributed by atoms with Gasteiger partial charge in [0.15, 0.2) is 0 Å². The van der Waals surface area contributed by atoms with Crippen molar-refractivity contribution in [1.29, 1.82) is 0 Å². The van der Waals surface area contributed by atoms with E-state index in [9.17, 15) is 0 Å². The van der Waals surface area contributed by atoms with Gasteiger partial charge in [-0.15, -0.1) is 0 Å². The van der Waals surface area contributed by atoms with Crippen LogP contribution < -0.4 is 4.90 Å². The molecule has 0 amide bonds. The minimum Gasteiger partial charge on any atom is -0.371 e. The minimum atomic E-state index is 0.859. The van der Waals surface area contributed by atoms with Gasteiger partial charge in [-0.05, 0) is 49.9 Å². The second kappa shape index (κ2) is 5.12. The average molecular weight is 319 g/mol. The van der Waals surface area contributed by atoms with Crippen molar-refractivity contribution < 1.29 is 0 Å². The fourth-order valence-corrected chi connectivity index (χ4v) is 3.18. The highest BCUT2D eigenvalue weighted by Crippen LogP contribution is 2.31. The van der Waals surface area contributed by atoms with Crippen LogP contribution in [0.3, 0.4) is 0 Å². The van der Waals surface area contributed by atoms with Gasteiger partial charge in [0.25, 0.3) is 0 Å². The Kier molecular flexibility index (Phi) is 3.48. The Labute approximate surface area is 123 Å². The van der Waals surface area contributed by atoms with Crippen LogP contribution >= 0.6 is 15.9 Å². The summed E-state index contributed by atoms with van der Waals surface area (Å²) < 4.78 is 1.12. The van der Waals surface area contributed by atoms with E-state index in [0.717, 1.165) is 34.7 Å². The smallest absolute Gasteiger partial charge is 0.0726 e. The Balaban J connectivity index is 2.08. The summed E-state index contributed by atoms with van der Waals surface area (Å²) in [6, 6.07) is 8.58. The lowest BCUT2D eigenvalue weighted by Crippen LogP contribution is -2.33. The second-order valence-electron chi connectivity index (χ2n) is 5.61. The van der Waals surface area contributed by atoms with Crippen molar-refractivity contribution in [3.63, 3.8) is 0 Å². The van der Waals surface area contributed by atoms with E-state index in [2.05, 4.69) is 63.9 Å². The first kappa shape index (κ1) is 12.9. The molecule has 0 spiro atoms. The van der Waals surface area contributed by atoms with Gasteiger partial charge >= 0.3 is 0 Å². The average Bonchev–Trinajstić information content (AvgIpc) is 2.39. The first-order valence-corrected chi connectivity index (χ1v) is 7.74. The molecule has 100 valence electrons. The molecule has 3 rings (SSSR count). The molecule has 0 bridgehead atoms. The van der Waals surface area contributed by atoms with Gasteiger partial charge in [0.1, 0.15) is 0 Å². The van der Waals surface area contributed by atoms with Crippen LogP contribution in [0.15, 0.2) is 28.7 Å². The molecule has 2 aromatic rings. The standard InChI is InChI=1S/C16H19BrN2/c1-11-5-7-19(8-6-11)16-9-12(2)18-15-4-3-13(17)10-14(15)16/h3-4,9-11H,5-8H2,1-2H3. The van der Waals surface area contributed by atoms with Crippen LogP contribution in [0.25, 0.3) is 10.9 Å². The molecule has 0 aliphatic carbocycles. The number of piperidine rings is 1. The number of anilines is 1. The second-order valence-corrected chi connectivity index (χ2v) is 6.53. The molecule has 1 aromatic heterocycles. The number of fused-ring (bicyclic) bond motifs is 1. The summed E-state index contributed by atoms with van der Waals surface area (Å²) in [5.41, 5.74) is 3.54. The number of halogens is 1. The van der Waals surface area contributed by atoms with Crippen molar-refractivity contribution in [2.45, 2.75) is 26.7 Å². The molecule has 2 nitrogen and oxygen atoms in total. The predicted molar refractivity (Wildman–Crippen MR) is 84.8 cm³/mol. The molecular formula is C16H19BrN2. The minimum absolute atomic E-state index is 0.859. The number of benzene rings is 1. The number of aromatic nitrogens is 1. The van der Waals surface area contributed by atoms with Crippen molar-refractivity contribution in [3.8, 4) is 0 Å². The maximum absolute atomic E-state index is 4.64. The number of pyridine rings is 1. The Morgan fingerprint density at radius 1 is 1.21 bits per heavy atom. The van der Waals surface area contributed by atoms with Crippen LogP contribution in [0.5, 0.6) is 0 Å². The molecule has 1 saturated heterocycles. The number of rotatable bonds is 1. The molecule has 0 unspecified atom stereocenters. The zero-order valence-electron chi connectivity index (χ0n) is 11.5. The monoisotopic (exact) mass is 318 g/mol. The van der Waals surface area contributed by atoms with E-state index in [1.807, 2.05) is 0 Å². The molecule has 1 fully saturated rings. The first-order valence-electron chi connectivity index (χ1n) is 6.95. The van der Waals surface area contributed by atoms with E-state index in [0.29, 0.717) is 0 Å². The van der Waals surface area contributed by atoms with Crippen molar-refractivity contribution in [2.24, 2.45) is 5.92 Å². The number of hydrogen-bond donors (Lipinski definition) is 0. The van der Waals surface area contributed by atoms with Gasteiger partial charge in [-0.3, -0.25) is 4.98 Å². The van der Waals surface area contributed by atoms with Crippen molar-refractivity contribution >= 4 is 32.5 Å². The molecule has 1 aliphatic heterocycles. The molecule has 1 aromatic carbocycles. The maximum Gasteiger partial charge on any atom is 0.0726 e. The molecule has 0 saturated carbocycles. The van der Waals surface area contributed by atoms with Crippen LogP contribution in [-0.2, 0) is 0 Å². The molecule has 3 heteroatoms. The summed E-state index contributed by atoms with van der Waals surface area (Å²) in [5, 5.41) is 1.26. The molecule has 2 heterocycles. The molecular weight excluding hydrogens is 300 g/mol. The van der Waals surface area contributed by atoms with Gasteiger partial charge in [-0.2, -0.15) is 0 Å². The lowest BCUT2D eigenvalue weighted by molar-refractivity contribution is 0.439. The lowest BCUT2D eigenvalue weighted by atomic mass is 9.98. The Bertz CT molecular complexity index is 601. The summed E-state index contributed by atoms with van der Waals surface area (Å²) in [6.45, 7) is 6.75. The predicted octanol–water partition coefficient (Wildman–Crippen LogP) is 4.54. The first-order chi connectivity index (χ1) is 9.13. The quantitative estimate of drug-likeness (QED) is 0.767. The summed E-state index contributed by atoms with van der Waals surface area (Å²) in [5.74, 6) is 0.859. The van der Waals surface area contributed by atoms with E-state index in [-0.39, 0.29) is 0 Å². The Morgan fingerprint density at radius 2 is 1.95 bits per heavy atom. The van der Waals surface area contributed by atoms with E-state index in [4.69, 9.17) is 0 Å². The molecule has 0 N–H and O–H groups in total. The Hall–Kier alpha value is -1.09. The van der Waals surface area contributed by atoms with Crippen LogP contribution in [0, 0.1) is 12.8 Å². The highest BCUT2D eigenvalue weighted by atomic mass is 79.9. The topological polar surface area (TPSA) is 16.1 Å². The van der Waals surface area contributed by atoms with Gasteiger partial charge in [0.05, 0.1) is 5.52 Å². The van der Waals surface area contributed by atoms with Gasteiger partial charge in [-0.25, -0.2) is 0 Å². The number of hydrogen-bond acceptors (Lipinski definition) is 2. The Morgan fingerprint density at radius 3 is 2.68 bits per heavy atom. The van der Waals surface area contributed by atoms with Crippen LogP contribution in [-0.4, -0.2) is 18.1 Å². The van der Waals surface area contributed by atoms with Crippen LogP contribution in [0.2, 0.25) is 0 Å². The van der Waals surface area contributed by atoms with E-state index >= 15 is 0 Å². The highest BCUT2D eigenvalue weighted by molar-refractivity contribution is 9.10. The third-order valence-electron chi connectivity index (χ3n) is 4.00. The summed E-state index contributed by atoms with van der Waals surface area (Å²) in [6.07, 6.45) is 2.58. The summed E-state index contributed by atoms with van der Waals surface area (Å²) in [4.78, 5) is 7.16. The maximum atomic E-state index is 4.64. The molecule has 19 heavy (non-hydrogen) atoms. The summed E-state index contributed by atoms with van der Waals surface area (Å²) >= 11 is 3.57. The zero-order chi connectivity index (χ0) is 13.4. The highest BCUT2D eigenvalue weighted by Gasteiger charge is 2.18.